The molecular formula is C15H12F3N3. The number of hydrazone groups is 1. The van der Waals surface area contributed by atoms with E-state index in [9.17, 15) is 13.2 Å². The van der Waals surface area contributed by atoms with Gasteiger partial charge in [-0.15, -0.1) is 0 Å². The second-order valence-electron chi connectivity index (χ2n) is 4.71. The molecule has 0 bridgehead atoms. The van der Waals surface area contributed by atoms with Crippen LogP contribution in [0.3, 0.4) is 0 Å². The number of benzene rings is 1. The summed E-state index contributed by atoms with van der Waals surface area (Å²) in [5.74, 6) is 0. The van der Waals surface area contributed by atoms with Crippen LogP contribution in [0.2, 0.25) is 0 Å². The van der Waals surface area contributed by atoms with Crippen molar-refractivity contribution in [1.82, 2.24) is 4.98 Å². The zero-order valence-electron chi connectivity index (χ0n) is 11.0. The van der Waals surface area contributed by atoms with Gasteiger partial charge in [-0.3, -0.25) is 9.99 Å². The fourth-order valence-electron chi connectivity index (χ4n) is 2.20. The Balaban J connectivity index is 1.81. The van der Waals surface area contributed by atoms with Gasteiger partial charge < -0.3 is 0 Å². The second-order valence-corrected chi connectivity index (χ2v) is 4.71. The minimum atomic E-state index is -4.31. The van der Waals surface area contributed by atoms with Crippen LogP contribution in [0.4, 0.5) is 18.9 Å². The molecule has 0 atom stereocenters. The quantitative estimate of drug-likeness (QED) is 0.843. The molecule has 0 aliphatic carbocycles. The van der Waals surface area contributed by atoms with E-state index >= 15 is 0 Å². The van der Waals surface area contributed by atoms with Gasteiger partial charge in [0.1, 0.15) is 0 Å². The Morgan fingerprint density at radius 2 is 1.81 bits per heavy atom. The number of aromatic nitrogens is 1. The summed E-state index contributed by atoms with van der Waals surface area (Å²) in [4.78, 5) is 4.04. The van der Waals surface area contributed by atoms with Gasteiger partial charge in [0, 0.05) is 30.9 Å². The summed E-state index contributed by atoms with van der Waals surface area (Å²) in [5, 5.41) is 6.16. The van der Waals surface area contributed by atoms with E-state index in [4.69, 9.17) is 0 Å². The lowest BCUT2D eigenvalue weighted by Gasteiger charge is -2.14. The molecule has 1 aromatic carbocycles. The van der Waals surface area contributed by atoms with Crippen LogP contribution in [-0.2, 0) is 6.18 Å². The predicted octanol–water partition coefficient (Wildman–Crippen LogP) is 3.71. The minimum Gasteiger partial charge on any atom is -0.265 e. The minimum absolute atomic E-state index is 0.648. The number of anilines is 1. The highest BCUT2D eigenvalue weighted by Crippen LogP contribution is 2.31. The zero-order chi connectivity index (χ0) is 14.9. The highest BCUT2D eigenvalue weighted by Gasteiger charge is 2.30. The maximum absolute atomic E-state index is 12.5. The monoisotopic (exact) mass is 291 g/mol. The van der Waals surface area contributed by atoms with E-state index in [0.717, 1.165) is 29.8 Å². The van der Waals surface area contributed by atoms with E-state index in [1.54, 1.807) is 17.4 Å². The van der Waals surface area contributed by atoms with E-state index in [1.165, 1.54) is 12.1 Å². The van der Waals surface area contributed by atoms with Crippen LogP contribution < -0.4 is 5.01 Å². The van der Waals surface area contributed by atoms with Crippen LogP contribution in [0, 0.1) is 0 Å². The van der Waals surface area contributed by atoms with Crippen molar-refractivity contribution >= 4 is 11.4 Å². The van der Waals surface area contributed by atoms with Crippen molar-refractivity contribution in [2.24, 2.45) is 5.10 Å². The summed E-state index contributed by atoms with van der Waals surface area (Å²) in [6.07, 6.45) is -0.151. The molecule has 0 radical (unpaired) electrons. The predicted molar refractivity (Wildman–Crippen MR) is 74.2 cm³/mol. The molecular weight excluding hydrogens is 279 g/mol. The van der Waals surface area contributed by atoms with Crippen molar-refractivity contribution in [3.8, 4) is 0 Å². The zero-order valence-corrected chi connectivity index (χ0v) is 11.0. The van der Waals surface area contributed by atoms with Crippen LogP contribution >= 0.6 is 0 Å². The lowest BCUT2D eigenvalue weighted by atomic mass is 10.1. The van der Waals surface area contributed by atoms with Crippen LogP contribution in [0.1, 0.15) is 17.5 Å². The smallest absolute Gasteiger partial charge is 0.265 e. The van der Waals surface area contributed by atoms with Crippen molar-refractivity contribution in [3.63, 3.8) is 0 Å². The number of hydrogen-bond donors (Lipinski definition) is 0. The van der Waals surface area contributed by atoms with Crippen LogP contribution in [-0.4, -0.2) is 17.2 Å². The molecule has 0 fully saturated rings. The molecule has 108 valence electrons. The summed E-state index contributed by atoms with van der Waals surface area (Å²) in [6, 6.07) is 8.79. The summed E-state index contributed by atoms with van der Waals surface area (Å²) in [6.45, 7) is 0.648. The number of halogens is 3. The van der Waals surface area contributed by atoms with Crippen molar-refractivity contribution in [2.45, 2.75) is 12.6 Å². The molecule has 0 spiro atoms. The number of pyridine rings is 1. The Morgan fingerprint density at radius 3 is 2.43 bits per heavy atom. The lowest BCUT2D eigenvalue weighted by molar-refractivity contribution is -0.137. The van der Waals surface area contributed by atoms with Gasteiger partial charge in [0.25, 0.3) is 0 Å². The fourth-order valence-corrected chi connectivity index (χ4v) is 2.20. The maximum Gasteiger partial charge on any atom is 0.416 e. The molecule has 0 N–H and O–H groups in total. The molecule has 1 aromatic heterocycles. The fraction of sp³-hybridized carbons (Fsp3) is 0.200. The Kier molecular flexibility index (Phi) is 3.37. The van der Waals surface area contributed by atoms with Gasteiger partial charge >= 0.3 is 6.18 Å². The van der Waals surface area contributed by atoms with Gasteiger partial charge in [-0.2, -0.15) is 18.3 Å². The first kappa shape index (κ1) is 13.6. The van der Waals surface area contributed by atoms with Crippen molar-refractivity contribution in [1.29, 1.82) is 0 Å². The topological polar surface area (TPSA) is 28.5 Å². The number of alkyl halides is 3. The van der Waals surface area contributed by atoms with Crippen molar-refractivity contribution in [2.75, 3.05) is 11.6 Å². The first-order valence-corrected chi connectivity index (χ1v) is 6.47. The number of hydrogen-bond acceptors (Lipinski definition) is 3. The van der Waals surface area contributed by atoms with Crippen LogP contribution in [0.25, 0.3) is 0 Å². The van der Waals surface area contributed by atoms with Gasteiger partial charge in [-0.1, -0.05) is 6.07 Å². The van der Waals surface area contributed by atoms with E-state index in [0.29, 0.717) is 12.2 Å². The Morgan fingerprint density at radius 1 is 1.05 bits per heavy atom. The van der Waals surface area contributed by atoms with Gasteiger partial charge in [-0.05, 0) is 30.3 Å². The highest BCUT2D eigenvalue weighted by molar-refractivity contribution is 6.02. The first-order valence-electron chi connectivity index (χ1n) is 6.47. The SMILES string of the molecule is FC(F)(F)c1ccc(N2CCC(c3cccnc3)=N2)cc1. The van der Waals surface area contributed by atoms with E-state index in [-0.39, 0.29) is 0 Å². The molecule has 0 saturated carbocycles. The molecule has 6 heteroatoms. The summed E-state index contributed by atoms with van der Waals surface area (Å²) < 4.78 is 37.6. The van der Waals surface area contributed by atoms with E-state index < -0.39 is 11.7 Å². The average Bonchev–Trinajstić information content (AvgIpc) is 2.97. The van der Waals surface area contributed by atoms with Crippen LogP contribution in [0.15, 0.2) is 53.9 Å². The van der Waals surface area contributed by atoms with E-state index in [2.05, 4.69) is 10.1 Å². The Labute approximate surface area is 119 Å². The first-order chi connectivity index (χ1) is 10.0. The van der Waals surface area contributed by atoms with Gasteiger partial charge in [0.05, 0.1) is 17.0 Å². The molecule has 0 saturated heterocycles. The normalized spacial score (nSPS) is 15.2. The van der Waals surface area contributed by atoms with Gasteiger partial charge in [0.15, 0.2) is 0 Å². The maximum atomic E-state index is 12.5. The highest BCUT2D eigenvalue weighted by atomic mass is 19.4. The molecule has 1 aliphatic heterocycles. The number of rotatable bonds is 2. The largest absolute Gasteiger partial charge is 0.416 e. The standard InChI is InChI=1S/C15H12F3N3/c16-15(17,18)12-3-5-13(6-4-12)21-9-7-14(20-21)11-2-1-8-19-10-11/h1-6,8,10H,7,9H2. The van der Waals surface area contributed by atoms with Crippen molar-refractivity contribution < 1.29 is 13.2 Å². The van der Waals surface area contributed by atoms with E-state index in [1.807, 2.05) is 12.1 Å². The van der Waals surface area contributed by atoms with Gasteiger partial charge in [0.2, 0.25) is 0 Å². The van der Waals surface area contributed by atoms with Crippen LogP contribution in [0.5, 0.6) is 0 Å². The molecule has 2 aromatic rings. The third-order valence-corrected chi connectivity index (χ3v) is 3.29. The molecule has 2 heterocycles. The molecule has 3 nitrogen and oxygen atoms in total. The molecule has 1 aliphatic rings. The molecule has 0 amide bonds. The molecule has 3 rings (SSSR count). The summed E-state index contributed by atoms with van der Waals surface area (Å²) >= 11 is 0. The Hall–Kier alpha value is -2.37. The van der Waals surface area contributed by atoms with Crippen molar-refractivity contribution in [3.05, 3.63) is 59.9 Å². The average molecular weight is 291 g/mol. The third kappa shape index (κ3) is 2.89. The van der Waals surface area contributed by atoms with Gasteiger partial charge in [-0.25, -0.2) is 0 Å². The lowest BCUT2D eigenvalue weighted by Crippen LogP contribution is -2.12. The Bertz CT molecular complexity index is 648. The summed E-state index contributed by atoms with van der Waals surface area (Å²) in [5.41, 5.74) is 1.83. The third-order valence-electron chi connectivity index (χ3n) is 3.29. The molecule has 21 heavy (non-hydrogen) atoms. The molecule has 0 unspecified atom stereocenters. The number of nitrogens with zero attached hydrogens (tertiary/aromatic N) is 3. The summed E-state index contributed by atoms with van der Waals surface area (Å²) in [7, 11) is 0. The second kappa shape index (κ2) is 5.20.